The first-order chi connectivity index (χ1) is 11.8. The third-order valence-corrected chi connectivity index (χ3v) is 3.30. The standard InChI is InChI=1S/C21H28O3/c1-3-4-5-6-7-8-9-10-11-12-13-14-15-19-16-17-20(24-19)18-21(22)23-2/h4-5,7-8,10-11,13-14,16-17H,3,6,9,12,15,18H2,1-2H3/b5-4+,8-7-,11-10+,14-13+. The van der Waals surface area contributed by atoms with Gasteiger partial charge in [-0.15, -0.1) is 0 Å². The lowest BCUT2D eigenvalue weighted by molar-refractivity contribution is -0.140. The third kappa shape index (κ3) is 9.67. The van der Waals surface area contributed by atoms with Gasteiger partial charge in [0, 0.05) is 6.42 Å². The Morgan fingerprint density at radius 3 is 2.04 bits per heavy atom. The van der Waals surface area contributed by atoms with Crippen LogP contribution in [0.5, 0.6) is 0 Å². The lowest BCUT2D eigenvalue weighted by atomic mass is 10.2. The van der Waals surface area contributed by atoms with E-state index in [1.807, 2.05) is 12.1 Å². The van der Waals surface area contributed by atoms with Crippen LogP contribution in [0.25, 0.3) is 0 Å². The number of allylic oxidation sites excluding steroid dienone is 8. The van der Waals surface area contributed by atoms with Crippen molar-refractivity contribution in [1.29, 1.82) is 0 Å². The number of methoxy groups -OCH3 is 1. The van der Waals surface area contributed by atoms with E-state index in [-0.39, 0.29) is 12.4 Å². The fourth-order valence-electron chi connectivity index (χ4n) is 2.02. The molecular formula is C21H28O3. The fraction of sp³-hybridized carbons (Fsp3) is 0.381. The van der Waals surface area contributed by atoms with E-state index in [9.17, 15) is 4.79 Å². The van der Waals surface area contributed by atoms with E-state index < -0.39 is 0 Å². The number of hydrogen-bond acceptors (Lipinski definition) is 3. The number of furan rings is 1. The molecule has 0 spiro atoms. The monoisotopic (exact) mass is 328 g/mol. The molecule has 0 aliphatic heterocycles. The number of carbonyl (C=O) groups is 1. The van der Waals surface area contributed by atoms with Crippen LogP contribution in [0.3, 0.4) is 0 Å². The number of esters is 1. The van der Waals surface area contributed by atoms with Crippen molar-refractivity contribution < 1.29 is 13.9 Å². The van der Waals surface area contributed by atoms with Gasteiger partial charge in [0.05, 0.1) is 7.11 Å². The average molecular weight is 328 g/mol. The lowest BCUT2D eigenvalue weighted by Gasteiger charge is -1.95. The van der Waals surface area contributed by atoms with Gasteiger partial charge in [0.1, 0.15) is 17.9 Å². The SMILES string of the molecule is CC/C=C/C/C=C\C/C=C/C/C=C/Cc1ccc(CC(=O)OC)o1. The minimum atomic E-state index is -0.285. The molecule has 3 heteroatoms. The van der Waals surface area contributed by atoms with Gasteiger partial charge < -0.3 is 9.15 Å². The van der Waals surface area contributed by atoms with Crippen LogP contribution < -0.4 is 0 Å². The summed E-state index contributed by atoms with van der Waals surface area (Å²) in [5.41, 5.74) is 0. The van der Waals surface area contributed by atoms with Crippen LogP contribution in [0.15, 0.2) is 65.2 Å². The minimum Gasteiger partial charge on any atom is -0.469 e. The van der Waals surface area contributed by atoms with E-state index in [1.54, 1.807) is 0 Å². The second-order valence-corrected chi connectivity index (χ2v) is 5.33. The van der Waals surface area contributed by atoms with Gasteiger partial charge in [0.2, 0.25) is 0 Å². The van der Waals surface area contributed by atoms with Crippen molar-refractivity contribution in [3.8, 4) is 0 Å². The number of carbonyl (C=O) groups excluding carboxylic acids is 1. The fourth-order valence-corrected chi connectivity index (χ4v) is 2.02. The smallest absolute Gasteiger partial charge is 0.313 e. The summed E-state index contributed by atoms with van der Waals surface area (Å²) in [5.74, 6) is 1.22. The van der Waals surface area contributed by atoms with E-state index in [0.717, 1.165) is 37.9 Å². The lowest BCUT2D eigenvalue weighted by Crippen LogP contribution is -2.03. The summed E-state index contributed by atoms with van der Waals surface area (Å²) in [5, 5.41) is 0. The Morgan fingerprint density at radius 1 is 0.917 bits per heavy atom. The first-order valence-corrected chi connectivity index (χ1v) is 8.50. The first-order valence-electron chi connectivity index (χ1n) is 8.50. The van der Waals surface area contributed by atoms with Gasteiger partial charge in [0.25, 0.3) is 0 Å². The average Bonchev–Trinajstić information content (AvgIpc) is 3.03. The van der Waals surface area contributed by atoms with E-state index in [0.29, 0.717) is 5.76 Å². The van der Waals surface area contributed by atoms with E-state index in [1.165, 1.54) is 7.11 Å². The molecule has 0 saturated carbocycles. The molecule has 0 radical (unpaired) electrons. The topological polar surface area (TPSA) is 39.4 Å². The Morgan fingerprint density at radius 2 is 1.46 bits per heavy atom. The second-order valence-electron chi connectivity index (χ2n) is 5.33. The molecular weight excluding hydrogens is 300 g/mol. The van der Waals surface area contributed by atoms with Crippen molar-refractivity contribution in [3.05, 3.63) is 72.3 Å². The Labute approximate surface area is 145 Å². The molecule has 0 bridgehead atoms. The summed E-state index contributed by atoms with van der Waals surface area (Å²) in [7, 11) is 1.38. The summed E-state index contributed by atoms with van der Waals surface area (Å²) in [6.45, 7) is 2.14. The van der Waals surface area contributed by atoms with E-state index in [4.69, 9.17) is 4.42 Å². The van der Waals surface area contributed by atoms with Crippen LogP contribution in [0.1, 0.15) is 44.1 Å². The zero-order chi connectivity index (χ0) is 17.5. The van der Waals surface area contributed by atoms with Crippen LogP contribution in [0.4, 0.5) is 0 Å². The van der Waals surface area contributed by atoms with E-state index in [2.05, 4.69) is 60.3 Å². The Hall–Kier alpha value is -2.29. The molecule has 0 aromatic carbocycles. The molecule has 0 unspecified atom stereocenters. The maximum Gasteiger partial charge on any atom is 0.313 e. The Bertz CT molecular complexity index is 574. The van der Waals surface area contributed by atoms with Crippen LogP contribution in [0, 0.1) is 0 Å². The number of rotatable bonds is 11. The highest BCUT2D eigenvalue weighted by Gasteiger charge is 2.06. The molecule has 130 valence electrons. The zero-order valence-electron chi connectivity index (χ0n) is 14.7. The molecule has 1 aromatic heterocycles. The van der Waals surface area contributed by atoms with Gasteiger partial charge in [-0.2, -0.15) is 0 Å². The summed E-state index contributed by atoms with van der Waals surface area (Å²) >= 11 is 0. The van der Waals surface area contributed by atoms with Crippen molar-refractivity contribution in [2.24, 2.45) is 0 Å². The largest absolute Gasteiger partial charge is 0.469 e. The number of hydrogen-bond donors (Lipinski definition) is 0. The quantitative estimate of drug-likeness (QED) is 0.406. The molecule has 0 amide bonds. The number of ether oxygens (including phenoxy) is 1. The summed E-state index contributed by atoms with van der Waals surface area (Å²) in [6, 6.07) is 3.72. The molecule has 1 aromatic rings. The molecule has 0 N–H and O–H groups in total. The van der Waals surface area contributed by atoms with Crippen LogP contribution >= 0.6 is 0 Å². The summed E-state index contributed by atoms with van der Waals surface area (Å²) in [4.78, 5) is 11.2. The summed E-state index contributed by atoms with van der Waals surface area (Å²) in [6.07, 6.45) is 22.2. The van der Waals surface area contributed by atoms with Crippen LogP contribution in [-0.4, -0.2) is 13.1 Å². The zero-order valence-corrected chi connectivity index (χ0v) is 14.7. The maximum absolute atomic E-state index is 11.2. The highest BCUT2D eigenvalue weighted by Crippen LogP contribution is 2.10. The van der Waals surface area contributed by atoms with Crippen molar-refractivity contribution in [2.75, 3.05) is 7.11 Å². The first kappa shape index (κ1) is 19.8. The van der Waals surface area contributed by atoms with Gasteiger partial charge in [0.15, 0.2) is 0 Å². The van der Waals surface area contributed by atoms with Gasteiger partial charge in [-0.25, -0.2) is 0 Å². The van der Waals surface area contributed by atoms with Crippen molar-refractivity contribution in [2.45, 2.75) is 45.4 Å². The molecule has 0 aliphatic rings. The molecule has 0 atom stereocenters. The predicted molar refractivity (Wildman–Crippen MR) is 98.8 cm³/mol. The maximum atomic E-state index is 11.2. The van der Waals surface area contributed by atoms with E-state index >= 15 is 0 Å². The van der Waals surface area contributed by atoms with Gasteiger partial charge >= 0.3 is 5.97 Å². The molecule has 24 heavy (non-hydrogen) atoms. The molecule has 1 rings (SSSR count). The predicted octanol–water partition coefficient (Wildman–Crippen LogP) is 5.34. The molecule has 0 aliphatic carbocycles. The van der Waals surface area contributed by atoms with Crippen molar-refractivity contribution >= 4 is 5.97 Å². The van der Waals surface area contributed by atoms with Gasteiger partial charge in [-0.05, 0) is 37.8 Å². The van der Waals surface area contributed by atoms with Crippen molar-refractivity contribution in [1.82, 2.24) is 0 Å². The van der Waals surface area contributed by atoms with Gasteiger partial charge in [-0.1, -0.05) is 55.5 Å². The summed E-state index contributed by atoms with van der Waals surface area (Å²) < 4.78 is 10.2. The third-order valence-electron chi connectivity index (χ3n) is 3.30. The molecule has 0 saturated heterocycles. The Kier molecular flexibility index (Phi) is 10.8. The minimum absolute atomic E-state index is 0.185. The second kappa shape index (κ2) is 13.2. The molecule has 0 fully saturated rings. The van der Waals surface area contributed by atoms with Crippen LogP contribution in [-0.2, 0) is 22.4 Å². The van der Waals surface area contributed by atoms with Gasteiger partial charge in [-0.3, -0.25) is 4.79 Å². The molecule has 1 heterocycles. The highest BCUT2D eigenvalue weighted by atomic mass is 16.5. The highest BCUT2D eigenvalue weighted by molar-refractivity contribution is 5.71. The van der Waals surface area contributed by atoms with Crippen LogP contribution in [0.2, 0.25) is 0 Å². The van der Waals surface area contributed by atoms with Crippen molar-refractivity contribution in [3.63, 3.8) is 0 Å². The molecule has 3 nitrogen and oxygen atoms in total. The normalized spacial score (nSPS) is 12.2. The Balaban J connectivity index is 2.16.